The van der Waals surface area contributed by atoms with Crippen LogP contribution in [0.1, 0.15) is 34.6 Å². The molecule has 1 N–H and O–H groups in total. The highest BCUT2D eigenvalue weighted by atomic mass is 32.2. The van der Waals surface area contributed by atoms with Crippen LogP contribution >= 0.6 is 11.8 Å². The molecular formula is C34H43N2O16S+. The molecule has 1 aromatic carbocycles. The summed E-state index contributed by atoms with van der Waals surface area (Å²) in [6.07, 6.45) is -7.87. The summed E-state index contributed by atoms with van der Waals surface area (Å²) in [6.45, 7) is 4.00. The van der Waals surface area contributed by atoms with E-state index in [1.807, 2.05) is 0 Å². The Morgan fingerprint density at radius 3 is 1.79 bits per heavy atom. The molecule has 10 atom stereocenters. The third kappa shape index (κ3) is 11.7. The first-order chi connectivity index (χ1) is 25.1. The molecule has 0 bridgehead atoms. The van der Waals surface area contributed by atoms with E-state index in [1.165, 1.54) is 0 Å². The van der Waals surface area contributed by atoms with Crippen LogP contribution in [0.25, 0.3) is 0 Å². The molecule has 4 rings (SSSR count). The van der Waals surface area contributed by atoms with Crippen LogP contribution < -0.4 is 4.57 Å². The smallest absolute Gasteiger partial charge is 0.349 e. The Balaban J connectivity index is 1.73. The van der Waals surface area contributed by atoms with Crippen molar-refractivity contribution in [2.24, 2.45) is 7.05 Å². The molecular weight excluding hydrogens is 724 g/mol. The molecule has 0 spiro atoms. The molecule has 1 aromatic heterocycles. The van der Waals surface area contributed by atoms with Crippen molar-refractivity contribution in [1.29, 1.82) is 0 Å². The van der Waals surface area contributed by atoms with Gasteiger partial charge in [0.15, 0.2) is 49.5 Å². The van der Waals surface area contributed by atoms with Crippen LogP contribution in [0.5, 0.6) is 0 Å². The molecule has 0 aliphatic carbocycles. The minimum Gasteiger partial charge on any atom is -0.456 e. The molecule has 2 aromatic rings. The lowest BCUT2D eigenvalue weighted by molar-refractivity contribution is -0.671. The van der Waals surface area contributed by atoms with Crippen molar-refractivity contribution in [2.45, 2.75) is 107 Å². The van der Waals surface area contributed by atoms with Gasteiger partial charge in [0.2, 0.25) is 6.33 Å². The van der Waals surface area contributed by atoms with Gasteiger partial charge in [-0.1, -0.05) is 30.0 Å². The van der Waals surface area contributed by atoms with Gasteiger partial charge in [0.1, 0.15) is 30.0 Å². The van der Waals surface area contributed by atoms with Crippen LogP contribution in [0.2, 0.25) is 0 Å². The van der Waals surface area contributed by atoms with Crippen molar-refractivity contribution in [2.75, 3.05) is 13.2 Å². The molecule has 2 aliphatic rings. The van der Waals surface area contributed by atoms with Crippen molar-refractivity contribution < 1.29 is 81.1 Å². The molecule has 2 saturated heterocycles. The number of benzene rings is 1. The fourth-order valence-electron chi connectivity index (χ4n) is 5.78. The SMILES string of the molecule is CC(=O)O[C@@H]1[C@@H](OC(C)=O)[C@H](Sc2ccccc2)O[C@H](CO[C@@H]2O[C@H](CO)[C@@H](OC(C)=O)[C@H](OC(C)=O)[C@H]2OC(C)=O)[C@H]1OC(=O)Cn1cc[n+](C)c1. The molecule has 0 radical (unpaired) electrons. The maximum absolute atomic E-state index is 13.4. The van der Waals surface area contributed by atoms with Gasteiger partial charge in [-0.05, 0) is 12.1 Å². The highest BCUT2D eigenvalue weighted by Crippen LogP contribution is 2.38. The molecule has 18 nitrogen and oxygen atoms in total. The summed E-state index contributed by atoms with van der Waals surface area (Å²) in [5.74, 6) is -4.77. The van der Waals surface area contributed by atoms with Crippen molar-refractivity contribution in [3.05, 3.63) is 49.1 Å². The number of aliphatic hydroxyl groups excluding tert-OH is 1. The number of rotatable bonds is 14. The molecule has 3 heterocycles. The van der Waals surface area contributed by atoms with Crippen molar-refractivity contribution in [3.63, 3.8) is 0 Å². The zero-order valence-corrected chi connectivity index (χ0v) is 30.7. The summed E-state index contributed by atoms with van der Waals surface area (Å²) in [5.41, 5.74) is -1.07. The number of carbonyl (C=O) groups excluding carboxylic acids is 6. The fraction of sp³-hybridized carbons (Fsp3) is 0.559. The molecule has 0 amide bonds. The van der Waals surface area contributed by atoms with Crippen molar-refractivity contribution in [3.8, 4) is 0 Å². The van der Waals surface area contributed by atoms with E-state index in [0.717, 1.165) is 46.4 Å². The monoisotopic (exact) mass is 767 g/mol. The number of ether oxygens (including phenoxy) is 9. The molecule has 2 aliphatic heterocycles. The molecule has 19 heteroatoms. The topological polar surface area (TPSA) is 215 Å². The van der Waals surface area contributed by atoms with Gasteiger partial charge in [-0.2, -0.15) is 0 Å². The second-order valence-corrected chi connectivity index (χ2v) is 13.3. The second kappa shape index (κ2) is 19.0. The van der Waals surface area contributed by atoms with Crippen LogP contribution in [0, 0.1) is 0 Å². The molecule has 0 unspecified atom stereocenters. The molecule has 53 heavy (non-hydrogen) atoms. The van der Waals surface area contributed by atoms with E-state index in [1.54, 1.807) is 65.2 Å². The standard InChI is InChI=1S/C34H43N2O16S/c1-18(38)45-27-24(15-37)50-33(31(48-21(4)41)29(27)46-19(2)39)44-16-25-28(52-26(43)14-36-13-12-35(6)17-36)30(47-20(3)40)32(49-22(5)42)34(51-25)53-23-10-8-7-9-11-23/h7-13,17,24-25,27-34,37H,14-16H2,1-6H3/q+1/t24-,25-,27-,28-,29+,30+,31-,32-,33-,34+/m1/s1. The van der Waals surface area contributed by atoms with Crippen LogP contribution in [-0.4, -0.2) is 119 Å². The number of aliphatic hydroxyl groups is 1. The van der Waals surface area contributed by atoms with E-state index in [9.17, 15) is 33.9 Å². The minimum atomic E-state index is -1.59. The minimum absolute atomic E-state index is 0.266. The van der Waals surface area contributed by atoms with E-state index in [4.69, 9.17) is 42.6 Å². The molecule has 290 valence electrons. The third-order valence-corrected chi connectivity index (χ3v) is 8.85. The number of hydrogen-bond donors (Lipinski definition) is 1. The zero-order chi connectivity index (χ0) is 38.8. The summed E-state index contributed by atoms with van der Waals surface area (Å²) >= 11 is 1.13. The highest BCUT2D eigenvalue weighted by Gasteiger charge is 2.55. The Morgan fingerprint density at radius 1 is 0.717 bits per heavy atom. The number of carbonyl (C=O) groups is 6. The maximum Gasteiger partial charge on any atom is 0.349 e. The average molecular weight is 768 g/mol. The van der Waals surface area contributed by atoms with E-state index < -0.39 is 110 Å². The number of nitrogens with zero attached hydrogens (tertiary/aromatic N) is 2. The number of imidazole rings is 1. The lowest BCUT2D eigenvalue weighted by atomic mass is 9.97. The van der Waals surface area contributed by atoms with E-state index >= 15 is 0 Å². The summed E-state index contributed by atoms with van der Waals surface area (Å²) in [4.78, 5) is 75.5. The lowest BCUT2D eigenvalue weighted by Crippen LogP contribution is -2.64. The molecule has 2 fully saturated rings. The van der Waals surface area contributed by atoms with Crippen LogP contribution in [-0.2, 0) is 85.0 Å². The second-order valence-electron chi connectivity index (χ2n) is 12.1. The Bertz CT molecular complexity index is 1600. The highest BCUT2D eigenvalue weighted by molar-refractivity contribution is 7.99. The first-order valence-electron chi connectivity index (χ1n) is 16.5. The first kappa shape index (κ1) is 41.2. The quantitative estimate of drug-likeness (QED) is 0.154. The van der Waals surface area contributed by atoms with Gasteiger partial charge in [-0.15, -0.1) is 0 Å². The maximum atomic E-state index is 13.4. The number of aryl methyl sites for hydroxylation is 1. The molecule has 0 saturated carbocycles. The van der Waals surface area contributed by atoms with Crippen LogP contribution in [0.3, 0.4) is 0 Å². The van der Waals surface area contributed by atoms with Gasteiger partial charge >= 0.3 is 35.8 Å². The first-order valence-corrected chi connectivity index (χ1v) is 17.3. The summed E-state index contributed by atoms with van der Waals surface area (Å²) in [7, 11) is 1.76. The Morgan fingerprint density at radius 2 is 1.25 bits per heavy atom. The Hall–Kier alpha value is -4.56. The number of hydrogen-bond acceptors (Lipinski definition) is 17. The number of thioether (sulfide) groups is 1. The van der Waals surface area contributed by atoms with Gasteiger partial charge in [-0.3, -0.25) is 24.0 Å². The lowest BCUT2D eigenvalue weighted by Gasteiger charge is -2.46. The predicted octanol–water partition coefficient (Wildman–Crippen LogP) is 0.134. The van der Waals surface area contributed by atoms with Gasteiger partial charge in [0, 0.05) is 39.5 Å². The van der Waals surface area contributed by atoms with E-state index in [2.05, 4.69) is 0 Å². The van der Waals surface area contributed by atoms with E-state index in [0.29, 0.717) is 4.90 Å². The van der Waals surface area contributed by atoms with Crippen LogP contribution in [0.15, 0.2) is 53.9 Å². The van der Waals surface area contributed by atoms with Gasteiger partial charge in [0.25, 0.3) is 0 Å². The number of aromatic nitrogens is 2. The number of esters is 6. The predicted molar refractivity (Wildman–Crippen MR) is 176 cm³/mol. The Labute approximate surface area is 308 Å². The summed E-state index contributed by atoms with van der Waals surface area (Å²) in [6, 6.07) is 8.90. The van der Waals surface area contributed by atoms with Gasteiger partial charge < -0.3 is 47.7 Å². The van der Waals surface area contributed by atoms with Gasteiger partial charge in [-0.25, -0.2) is 13.9 Å². The van der Waals surface area contributed by atoms with E-state index in [-0.39, 0.29) is 6.54 Å². The van der Waals surface area contributed by atoms with Crippen molar-refractivity contribution in [1.82, 2.24) is 4.57 Å². The normalized spacial score (nSPS) is 28.2. The third-order valence-electron chi connectivity index (χ3n) is 7.70. The van der Waals surface area contributed by atoms with Crippen molar-refractivity contribution >= 4 is 47.6 Å². The zero-order valence-electron chi connectivity index (χ0n) is 29.9. The van der Waals surface area contributed by atoms with Crippen LogP contribution in [0.4, 0.5) is 0 Å². The largest absolute Gasteiger partial charge is 0.456 e. The summed E-state index contributed by atoms with van der Waals surface area (Å²) < 4.78 is 55.1. The Kier molecular flexibility index (Phi) is 14.7. The fourth-order valence-corrected chi connectivity index (χ4v) is 6.91. The summed E-state index contributed by atoms with van der Waals surface area (Å²) in [5, 5.41) is 10.2. The van der Waals surface area contributed by atoms with Gasteiger partial charge in [0.05, 0.1) is 20.3 Å². The average Bonchev–Trinajstić information content (AvgIpc) is 3.48.